The van der Waals surface area contributed by atoms with Gasteiger partial charge in [0.05, 0.1) is 12.6 Å². The number of nitrogens with two attached hydrogens (primary N) is 1. The van der Waals surface area contributed by atoms with E-state index in [9.17, 15) is 9.59 Å². The molecule has 3 rings (SSSR count). The number of fused-ring (bicyclic) bond motifs is 1. The van der Waals surface area contributed by atoms with Gasteiger partial charge in [-0.05, 0) is 24.0 Å². The lowest BCUT2D eigenvalue weighted by atomic mass is 9.98. The van der Waals surface area contributed by atoms with Crippen LogP contribution in [0.15, 0.2) is 24.3 Å². The minimum Gasteiger partial charge on any atom is -0.339 e. The number of rotatable bonds is 5. The van der Waals surface area contributed by atoms with Crippen molar-refractivity contribution in [3.05, 3.63) is 29.8 Å². The molecule has 2 heterocycles. The van der Waals surface area contributed by atoms with Crippen LogP contribution in [0.25, 0.3) is 0 Å². The third-order valence-electron chi connectivity index (χ3n) is 5.77. The average Bonchev–Trinajstić information content (AvgIpc) is 3.11. The summed E-state index contributed by atoms with van der Waals surface area (Å²) in [6.45, 7) is 7.98. The van der Waals surface area contributed by atoms with Crippen molar-refractivity contribution in [3.63, 3.8) is 0 Å². The molecule has 1 aromatic carbocycles. The summed E-state index contributed by atoms with van der Waals surface area (Å²) >= 11 is 0. The van der Waals surface area contributed by atoms with Crippen molar-refractivity contribution < 1.29 is 9.59 Å². The molecule has 0 saturated carbocycles. The molecule has 2 amide bonds. The largest absolute Gasteiger partial charge is 0.339 e. The Labute approximate surface area is 155 Å². The smallest absolute Gasteiger partial charge is 0.241 e. The first-order chi connectivity index (χ1) is 12.5. The van der Waals surface area contributed by atoms with Gasteiger partial charge in [0, 0.05) is 38.4 Å². The quantitative estimate of drug-likeness (QED) is 0.856. The van der Waals surface area contributed by atoms with Gasteiger partial charge >= 0.3 is 0 Å². The minimum atomic E-state index is -0.422. The third-order valence-corrected chi connectivity index (χ3v) is 5.77. The molecule has 2 N–H and O–H groups in total. The lowest BCUT2D eigenvalue weighted by Crippen LogP contribution is -2.55. The number of piperazine rings is 1. The number of carbonyl (C=O) groups excluding carboxylic acids is 2. The number of hydrogen-bond donors (Lipinski definition) is 1. The molecule has 2 atom stereocenters. The Morgan fingerprint density at radius 3 is 2.50 bits per heavy atom. The molecular weight excluding hydrogens is 328 g/mol. The van der Waals surface area contributed by atoms with Crippen LogP contribution in [-0.2, 0) is 16.0 Å². The Bertz CT molecular complexity index is 655. The van der Waals surface area contributed by atoms with Gasteiger partial charge in [-0.2, -0.15) is 0 Å². The number of nitrogens with zero attached hydrogens (tertiary/aromatic N) is 3. The second-order valence-electron chi connectivity index (χ2n) is 7.44. The van der Waals surface area contributed by atoms with Gasteiger partial charge in [-0.1, -0.05) is 38.5 Å². The summed E-state index contributed by atoms with van der Waals surface area (Å²) in [6.07, 6.45) is 1.83. The molecule has 0 aliphatic carbocycles. The van der Waals surface area contributed by atoms with Gasteiger partial charge in [-0.3, -0.25) is 14.5 Å². The molecule has 6 heteroatoms. The fraction of sp³-hybridized carbons (Fsp3) is 0.600. The fourth-order valence-corrected chi connectivity index (χ4v) is 3.71. The molecule has 2 aliphatic heterocycles. The molecule has 1 aromatic rings. The highest BCUT2D eigenvalue weighted by Crippen LogP contribution is 2.27. The molecule has 0 spiro atoms. The molecule has 0 radical (unpaired) electrons. The van der Waals surface area contributed by atoms with E-state index in [0.29, 0.717) is 19.6 Å². The van der Waals surface area contributed by atoms with Crippen molar-refractivity contribution in [3.8, 4) is 0 Å². The fourth-order valence-electron chi connectivity index (χ4n) is 3.71. The zero-order valence-corrected chi connectivity index (χ0v) is 15.9. The minimum absolute atomic E-state index is 0.0406. The van der Waals surface area contributed by atoms with Crippen LogP contribution in [0.4, 0.5) is 5.69 Å². The number of para-hydroxylation sites is 1. The maximum absolute atomic E-state index is 12.7. The number of carbonyl (C=O) groups is 2. The molecular formula is C20H30N4O2. The Balaban J connectivity index is 1.50. The zero-order chi connectivity index (χ0) is 18.7. The highest BCUT2D eigenvalue weighted by molar-refractivity contribution is 5.96. The molecule has 2 aliphatic rings. The summed E-state index contributed by atoms with van der Waals surface area (Å²) in [5.74, 6) is 0.377. The summed E-state index contributed by atoms with van der Waals surface area (Å²) in [5.41, 5.74) is 8.37. The van der Waals surface area contributed by atoms with Crippen molar-refractivity contribution in [2.75, 3.05) is 44.2 Å². The number of benzene rings is 1. The van der Waals surface area contributed by atoms with E-state index in [-0.39, 0.29) is 17.7 Å². The van der Waals surface area contributed by atoms with Crippen LogP contribution in [0.1, 0.15) is 25.8 Å². The number of amides is 2. The van der Waals surface area contributed by atoms with Crippen molar-refractivity contribution >= 4 is 17.5 Å². The highest BCUT2D eigenvalue weighted by Gasteiger charge is 2.30. The van der Waals surface area contributed by atoms with Gasteiger partial charge < -0.3 is 15.5 Å². The molecule has 1 fully saturated rings. The van der Waals surface area contributed by atoms with Crippen LogP contribution in [0.2, 0.25) is 0 Å². The first-order valence-electron chi connectivity index (χ1n) is 9.66. The molecule has 0 bridgehead atoms. The Morgan fingerprint density at radius 1 is 1.12 bits per heavy atom. The molecule has 2 unspecified atom stereocenters. The first-order valence-corrected chi connectivity index (χ1v) is 9.66. The predicted molar refractivity (Wildman–Crippen MR) is 103 cm³/mol. The van der Waals surface area contributed by atoms with Crippen molar-refractivity contribution in [2.45, 2.75) is 32.7 Å². The van der Waals surface area contributed by atoms with E-state index in [1.165, 1.54) is 5.56 Å². The maximum atomic E-state index is 12.7. The van der Waals surface area contributed by atoms with E-state index in [4.69, 9.17) is 5.73 Å². The van der Waals surface area contributed by atoms with Crippen molar-refractivity contribution in [1.82, 2.24) is 9.80 Å². The molecule has 1 saturated heterocycles. The molecule has 0 aromatic heterocycles. The molecule has 26 heavy (non-hydrogen) atoms. The molecule has 6 nitrogen and oxygen atoms in total. The van der Waals surface area contributed by atoms with Gasteiger partial charge in [-0.25, -0.2) is 0 Å². The monoisotopic (exact) mass is 358 g/mol. The SMILES string of the molecule is CCC(C)C(N)C(=O)N1CCN(CC(=O)N2CCc3ccccc32)CC1. The van der Waals surface area contributed by atoms with Crippen LogP contribution in [0.5, 0.6) is 0 Å². The van der Waals surface area contributed by atoms with Crippen LogP contribution >= 0.6 is 0 Å². The summed E-state index contributed by atoms with van der Waals surface area (Å²) in [6, 6.07) is 7.69. The number of hydrogen-bond acceptors (Lipinski definition) is 4. The van der Waals surface area contributed by atoms with Gasteiger partial charge in [0.15, 0.2) is 0 Å². The van der Waals surface area contributed by atoms with Gasteiger partial charge in [0.2, 0.25) is 11.8 Å². The Hall–Kier alpha value is -1.92. The predicted octanol–water partition coefficient (Wildman–Crippen LogP) is 1.09. The lowest BCUT2D eigenvalue weighted by Gasteiger charge is -2.36. The normalized spacial score (nSPS) is 20.0. The maximum Gasteiger partial charge on any atom is 0.241 e. The highest BCUT2D eigenvalue weighted by atomic mass is 16.2. The van der Waals surface area contributed by atoms with Crippen LogP contribution < -0.4 is 10.6 Å². The Kier molecular flexibility index (Phi) is 5.94. The standard InChI is InChI=1S/C20H30N4O2/c1-3-15(2)19(21)20(26)23-12-10-22(11-13-23)14-18(25)24-9-8-16-6-4-5-7-17(16)24/h4-7,15,19H,3,8-14,21H2,1-2H3. The lowest BCUT2D eigenvalue weighted by molar-refractivity contribution is -0.135. The van der Waals surface area contributed by atoms with Crippen LogP contribution in [0.3, 0.4) is 0 Å². The topological polar surface area (TPSA) is 69.9 Å². The second kappa shape index (κ2) is 8.18. The van der Waals surface area contributed by atoms with E-state index < -0.39 is 6.04 Å². The van der Waals surface area contributed by atoms with Crippen molar-refractivity contribution in [1.29, 1.82) is 0 Å². The van der Waals surface area contributed by atoms with Crippen LogP contribution in [-0.4, -0.2) is 66.9 Å². The third kappa shape index (κ3) is 3.91. The second-order valence-corrected chi connectivity index (χ2v) is 7.44. The van der Waals surface area contributed by atoms with E-state index in [2.05, 4.69) is 17.9 Å². The summed E-state index contributed by atoms with van der Waals surface area (Å²) < 4.78 is 0. The van der Waals surface area contributed by atoms with E-state index >= 15 is 0 Å². The van der Waals surface area contributed by atoms with E-state index in [0.717, 1.165) is 38.2 Å². The number of anilines is 1. The van der Waals surface area contributed by atoms with Gasteiger partial charge in [0.1, 0.15) is 0 Å². The summed E-state index contributed by atoms with van der Waals surface area (Å²) in [7, 11) is 0. The van der Waals surface area contributed by atoms with Crippen molar-refractivity contribution in [2.24, 2.45) is 11.7 Å². The van der Waals surface area contributed by atoms with E-state index in [1.54, 1.807) is 0 Å². The Morgan fingerprint density at radius 2 is 1.81 bits per heavy atom. The first kappa shape index (κ1) is 18.9. The van der Waals surface area contributed by atoms with Gasteiger partial charge in [-0.15, -0.1) is 0 Å². The summed E-state index contributed by atoms with van der Waals surface area (Å²) in [5, 5.41) is 0. The zero-order valence-electron chi connectivity index (χ0n) is 15.9. The molecule has 142 valence electrons. The van der Waals surface area contributed by atoms with Crippen LogP contribution in [0, 0.1) is 5.92 Å². The van der Waals surface area contributed by atoms with E-state index in [1.807, 2.05) is 34.9 Å². The van der Waals surface area contributed by atoms with Gasteiger partial charge in [0.25, 0.3) is 0 Å². The average molecular weight is 358 g/mol. The summed E-state index contributed by atoms with van der Waals surface area (Å²) in [4.78, 5) is 31.1.